The number of carboxylic acid groups (broad SMARTS) is 1. The number of ether oxygens (including phenoxy) is 21. The van der Waals surface area contributed by atoms with Crippen molar-refractivity contribution in [3.8, 4) is 0 Å². The van der Waals surface area contributed by atoms with Crippen LogP contribution in [0.4, 0.5) is 0 Å². The lowest BCUT2D eigenvalue weighted by Crippen LogP contribution is -2.71. The Hall–Kier alpha value is -5.31. The number of nitrogens with one attached hydrogen (secondary N) is 5. The summed E-state index contributed by atoms with van der Waals surface area (Å²) >= 11 is 0. The van der Waals surface area contributed by atoms with E-state index in [1.54, 1.807) is 0 Å². The van der Waals surface area contributed by atoms with Crippen LogP contribution in [-0.4, -0.2) is 611 Å². The van der Waals surface area contributed by atoms with Crippen LogP contribution in [-0.2, 0) is 143 Å². The Bertz CT molecular complexity index is 4300. The van der Waals surface area contributed by atoms with Gasteiger partial charge in [0.15, 0.2) is 62.9 Å². The topological polar surface area (TPSA) is 1030 Å². The Balaban J connectivity index is 0.929. The molecule has 36 N–H and O–H groups in total. The van der Waals surface area contributed by atoms with Crippen molar-refractivity contribution in [2.45, 2.75) is 391 Å². The third-order valence-electron chi connectivity index (χ3n) is 26.1. The fourth-order valence-corrected chi connectivity index (χ4v) is 18.7. The average molecular weight is 2160 g/mol. The van der Waals surface area contributed by atoms with Crippen molar-refractivity contribution in [2.24, 2.45) is 0 Å². The van der Waals surface area contributed by atoms with E-state index >= 15 is 0 Å². The second-order valence-corrected chi connectivity index (χ2v) is 37.6. The molecule has 11 heterocycles. The minimum atomic E-state index is -5.71. The summed E-state index contributed by atoms with van der Waals surface area (Å²) in [6.07, 6.45) is -113. The molecule has 66 nitrogen and oxygen atoms in total. The normalized spacial score (nSPS) is 47.2. The number of rotatable bonds is 40. The monoisotopic (exact) mass is 2160 g/mol. The molecular formula is C79H131N5O61S. The van der Waals surface area contributed by atoms with Crippen LogP contribution in [0.3, 0.4) is 0 Å². The molecule has 844 valence electrons. The maximum Gasteiger partial charge on any atom is 0.397 e. The van der Waals surface area contributed by atoms with E-state index in [9.17, 15) is 195 Å². The Morgan fingerprint density at radius 3 is 1.10 bits per heavy atom. The summed E-state index contributed by atoms with van der Waals surface area (Å²) < 4.78 is 164. The molecule has 0 aromatic rings. The smallest absolute Gasteiger partial charge is 0.397 e. The molecule has 1 unspecified atom stereocenters. The minimum Gasteiger partial charge on any atom is -0.477 e. The number of carboxylic acids is 1. The summed E-state index contributed by atoms with van der Waals surface area (Å²) in [7, 11) is -5.71. The first-order valence-electron chi connectivity index (χ1n) is 45.8. The average Bonchev–Trinajstić information content (AvgIpc) is 0.756. The van der Waals surface area contributed by atoms with Gasteiger partial charge in [-0.25, -0.2) is 8.98 Å². The molecule has 11 aliphatic rings. The number of carbonyl (C=O) groups is 6. The highest BCUT2D eigenvalue weighted by atomic mass is 32.3. The first-order chi connectivity index (χ1) is 68.6. The zero-order valence-electron chi connectivity index (χ0n) is 78.1. The van der Waals surface area contributed by atoms with Gasteiger partial charge in [-0.15, -0.1) is 0 Å². The molecule has 0 aliphatic carbocycles. The summed E-state index contributed by atoms with van der Waals surface area (Å²) in [5.74, 6) is -10.3. The third kappa shape index (κ3) is 27.6. The van der Waals surface area contributed by atoms with Crippen LogP contribution >= 0.6 is 0 Å². The van der Waals surface area contributed by atoms with Gasteiger partial charge in [0.2, 0.25) is 29.5 Å². The highest BCUT2D eigenvalue weighted by Gasteiger charge is 2.64. The largest absolute Gasteiger partial charge is 0.477 e. The van der Waals surface area contributed by atoms with Gasteiger partial charge in [-0.05, 0) is 6.92 Å². The maximum absolute atomic E-state index is 13.4. The zero-order chi connectivity index (χ0) is 108. The van der Waals surface area contributed by atoms with Gasteiger partial charge in [0.1, 0.15) is 256 Å². The standard InChI is InChI=1S/C79H131N5O61S/c1-18-40(98)51(109)56(114)72(128-18)124-15-33-62(47(105)36(68(118)129-33)81-20(3)92)138-69-37(82-21(4)93)48(106)61(30(13-90)133-69)140-75-59(117)65(46(104)31(135-75)14-125-76-66(54(112)43(101)27(10-87)131-76)143-70-38(83-22(5)94)49(107)60(29(12-89)134-70)139-73-57(115)52(110)42(100)26(9-86)130-73)142-77-67(55(113)44(102)28(11-88)132-77)144-71-39(84-23(6)95)50(108)63(34(137-71)17-127-146(121,122)123)141-74-58(116)53(111)45(103)32(136-74)16-126-79(78(119)120)7-24(96)35(80-19(2)91)64(145-79)41(99)25(97)8-85/h18,24-77,85-90,96-118H,7-17H2,1-6H3,(H,80,91)(H,81,92)(H,82,93)(H,83,94)(H,84,95)(H,119,120)(H,121,122,123)/t18-,24-,25+,26+,27+,28+,29+,30+,31+,32+,33+,34+,35+,36+,37+,38+,39-,40+,41+,42-,43+,44+,45-,46+,47+,48+,49+,50+,51+,52-,53-,54-,55-,56-,57+,58+,59-,60+,61+,62+,63+,64+,65-,66-,67-,68?,69-,70-,71-,72+,73-,74-,75-,76-,77+,79+/m0/s1. The molecule has 67 heteroatoms. The van der Waals surface area contributed by atoms with Crippen LogP contribution in [0.1, 0.15) is 48.0 Å². The van der Waals surface area contributed by atoms with Crippen molar-refractivity contribution in [3.05, 3.63) is 0 Å². The second-order valence-electron chi connectivity index (χ2n) is 36.5. The predicted octanol–water partition coefficient (Wildman–Crippen LogP) is -24.2. The second kappa shape index (κ2) is 51.8. The van der Waals surface area contributed by atoms with E-state index in [1.807, 2.05) is 0 Å². The lowest BCUT2D eigenvalue weighted by Gasteiger charge is -2.51. The van der Waals surface area contributed by atoms with Crippen LogP contribution in [0.15, 0.2) is 0 Å². The lowest BCUT2D eigenvalue weighted by molar-refractivity contribution is -0.399. The van der Waals surface area contributed by atoms with Crippen LogP contribution in [0, 0.1) is 0 Å². The van der Waals surface area contributed by atoms with E-state index in [4.69, 9.17) is 99.5 Å². The summed E-state index contributed by atoms with van der Waals surface area (Å²) in [6, 6.07) is -10.0. The fraction of sp³-hybridized carbons (Fsp3) is 0.924. The summed E-state index contributed by atoms with van der Waals surface area (Å²) in [6.45, 7) is -6.81. The van der Waals surface area contributed by atoms with Crippen LogP contribution in [0.5, 0.6) is 0 Å². The van der Waals surface area contributed by atoms with Crippen LogP contribution < -0.4 is 26.6 Å². The van der Waals surface area contributed by atoms with Gasteiger partial charge in [-0.3, -0.25) is 28.5 Å². The molecule has 0 saturated carbocycles. The van der Waals surface area contributed by atoms with Crippen molar-refractivity contribution in [1.82, 2.24) is 26.6 Å². The van der Waals surface area contributed by atoms with Gasteiger partial charge in [-0.2, -0.15) is 8.42 Å². The zero-order valence-corrected chi connectivity index (χ0v) is 78.9. The third-order valence-corrected chi connectivity index (χ3v) is 26.5. The number of carbonyl (C=O) groups excluding carboxylic acids is 5. The van der Waals surface area contributed by atoms with Gasteiger partial charge in [-0.1, -0.05) is 0 Å². The number of aliphatic carboxylic acids is 1. The Morgan fingerprint density at radius 2 is 0.658 bits per heavy atom. The van der Waals surface area contributed by atoms with Crippen molar-refractivity contribution >= 4 is 45.9 Å². The van der Waals surface area contributed by atoms with E-state index < -0.39 is 461 Å². The molecule has 0 bridgehead atoms. The first-order valence-corrected chi connectivity index (χ1v) is 47.1. The Morgan fingerprint density at radius 1 is 0.329 bits per heavy atom. The number of hydrogen-bond acceptors (Lipinski definition) is 59. The summed E-state index contributed by atoms with van der Waals surface area (Å²) in [5, 5.41) is 350. The van der Waals surface area contributed by atoms with Gasteiger partial charge >= 0.3 is 16.4 Å². The van der Waals surface area contributed by atoms with Crippen LogP contribution in [0.2, 0.25) is 0 Å². The van der Waals surface area contributed by atoms with Crippen molar-refractivity contribution < 1.29 is 299 Å². The van der Waals surface area contributed by atoms with E-state index in [1.165, 1.54) is 6.92 Å². The number of hydrogen-bond donors (Lipinski definition) is 36. The molecule has 5 amide bonds. The Kier molecular flexibility index (Phi) is 42.9. The van der Waals surface area contributed by atoms with Gasteiger partial charge < -0.3 is 279 Å². The molecule has 11 saturated heterocycles. The summed E-state index contributed by atoms with van der Waals surface area (Å²) in [4.78, 5) is 77.7. The Labute approximate surface area is 825 Å². The van der Waals surface area contributed by atoms with E-state index in [2.05, 4.69) is 30.8 Å². The quantitative estimate of drug-likeness (QED) is 0.0253. The highest BCUT2D eigenvalue weighted by Crippen LogP contribution is 2.43. The number of aliphatic hydroxyl groups excluding tert-OH is 29. The predicted molar refractivity (Wildman–Crippen MR) is 447 cm³/mol. The number of amides is 5. The van der Waals surface area contributed by atoms with E-state index in [0.717, 1.165) is 34.6 Å². The molecule has 11 fully saturated rings. The molecule has 0 spiro atoms. The molecule has 0 radical (unpaired) electrons. The molecule has 11 aliphatic heterocycles. The molecule has 146 heavy (non-hydrogen) atoms. The van der Waals surface area contributed by atoms with Crippen LogP contribution in [0.25, 0.3) is 0 Å². The van der Waals surface area contributed by atoms with Gasteiger partial charge in [0.25, 0.3) is 5.79 Å². The SMILES string of the molecule is CC(=O)N[C@@H]1[C@H](O[C@@H]2[C@@H](O[C@@H]3[C@H](O)[C@H](O[C@H]4[C@H](O)[C@@H](NC(C)=O)[C@H](O[C@H]5[C@H](O)[C@@H](NC(C)=O)C(O)O[C@@H]5CO[C@@H]5O[C@@H](C)[C@@H](O)[C@@H](O)[C@@H]5O)O[C@@H]4CO)O[C@H](CO[C@H]4O[C@H](CO)[C@@H](O)[C@H](O)[C@@H]4O[C@@H]4O[C@H](CO)[C@@H](O[C@@H]5O[C@H](CO)[C@H](O)[C@H](O)[C@H]5O)[C@H](O)[C@H]4NC(C)=O)[C@H]3O)O[C@H](CO)[C@@H](O)[C@@H]2O)O[C@H](COS(=O)(=O)O)[C@@H](O[C@@H]2O[C@H](CO[C@]3(C(=O)O)C[C@H](O)[C@@H](NC(C)=O)[C@H]([C@H](O)[C@H](O)CO)O3)[C@H](O)[C@H](O)[C@H]2O)[C@@H]1O. The minimum absolute atomic E-state index is 0.774. The molecule has 11 rings (SSSR count). The van der Waals surface area contributed by atoms with Gasteiger partial charge in [0, 0.05) is 41.0 Å². The van der Waals surface area contributed by atoms with Gasteiger partial charge in [0.05, 0.1) is 84.3 Å². The van der Waals surface area contributed by atoms with Crippen molar-refractivity contribution in [3.63, 3.8) is 0 Å². The first kappa shape index (κ1) is 121. The summed E-state index contributed by atoms with van der Waals surface area (Å²) in [5.41, 5.74) is 0. The lowest BCUT2D eigenvalue weighted by atomic mass is 9.88. The molecular weight excluding hydrogens is 2030 g/mol. The molecule has 56 atom stereocenters. The molecule has 0 aromatic carbocycles. The number of aliphatic hydroxyl groups is 29. The highest BCUT2D eigenvalue weighted by molar-refractivity contribution is 7.80. The van der Waals surface area contributed by atoms with Crippen molar-refractivity contribution in [2.75, 3.05) is 66.1 Å². The molecule has 0 aromatic heterocycles. The van der Waals surface area contributed by atoms with E-state index in [-0.39, 0.29) is 0 Å². The van der Waals surface area contributed by atoms with E-state index in [0.29, 0.717) is 0 Å². The maximum atomic E-state index is 13.4. The van der Waals surface area contributed by atoms with Crippen molar-refractivity contribution in [1.29, 1.82) is 0 Å². The fourth-order valence-electron chi connectivity index (χ4n) is 18.4.